The predicted molar refractivity (Wildman–Crippen MR) is 145 cm³/mol. The normalized spacial score (nSPS) is 15.1. The summed E-state index contributed by atoms with van der Waals surface area (Å²) >= 11 is 0. The van der Waals surface area contributed by atoms with Gasteiger partial charge in [-0.1, -0.05) is 25.1 Å². The van der Waals surface area contributed by atoms with Crippen LogP contribution in [0.15, 0.2) is 35.3 Å². The first-order valence-corrected chi connectivity index (χ1v) is 11.6. The van der Waals surface area contributed by atoms with E-state index < -0.39 is 0 Å². The average Bonchev–Trinajstić information content (AvgIpc) is 3.14. The Morgan fingerprint density at radius 3 is 2.55 bits per heavy atom. The number of likely N-dealkylation sites (tertiary alicyclic amines) is 1. The van der Waals surface area contributed by atoms with Crippen LogP contribution in [0, 0.1) is 13.8 Å². The summed E-state index contributed by atoms with van der Waals surface area (Å²) in [6, 6.07) is 10.7. The molecule has 1 fully saturated rings. The summed E-state index contributed by atoms with van der Waals surface area (Å²) in [6.45, 7) is 9.87. The van der Waals surface area contributed by atoms with Crippen LogP contribution in [0.25, 0.3) is 5.69 Å². The van der Waals surface area contributed by atoms with Gasteiger partial charge in [0.05, 0.1) is 17.9 Å². The highest BCUT2D eigenvalue weighted by Crippen LogP contribution is 2.17. The van der Waals surface area contributed by atoms with Crippen molar-refractivity contribution in [1.29, 1.82) is 0 Å². The number of halogens is 1. The fraction of sp³-hybridized carbons (Fsp3) is 0.542. The lowest BCUT2D eigenvalue weighted by molar-refractivity contribution is -0.122. The number of nitrogens with zero attached hydrogens (tertiary/aromatic N) is 4. The molecule has 1 saturated heterocycles. The van der Waals surface area contributed by atoms with E-state index in [0.717, 1.165) is 67.5 Å². The van der Waals surface area contributed by atoms with Crippen molar-refractivity contribution in [3.8, 4) is 5.69 Å². The molecule has 1 aromatic heterocycles. The average molecular weight is 568 g/mol. The van der Waals surface area contributed by atoms with E-state index in [0.29, 0.717) is 19.1 Å². The van der Waals surface area contributed by atoms with Crippen molar-refractivity contribution in [3.63, 3.8) is 0 Å². The Bertz CT molecular complexity index is 919. The lowest BCUT2D eigenvalue weighted by Crippen LogP contribution is -2.50. The Kier molecular flexibility index (Phi) is 11.1. The Balaban J connectivity index is 0.00000385. The molecule has 1 aliphatic rings. The van der Waals surface area contributed by atoms with Gasteiger partial charge in [-0.25, -0.2) is 4.68 Å². The minimum Gasteiger partial charge on any atom is -0.355 e. The summed E-state index contributed by atoms with van der Waals surface area (Å²) in [5.41, 5.74) is 4.37. The van der Waals surface area contributed by atoms with Crippen LogP contribution >= 0.6 is 24.0 Å². The number of benzene rings is 1. The van der Waals surface area contributed by atoms with Crippen LogP contribution in [0.5, 0.6) is 0 Å². The van der Waals surface area contributed by atoms with E-state index in [1.54, 1.807) is 7.05 Å². The molecule has 2 heterocycles. The first-order chi connectivity index (χ1) is 15.5. The summed E-state index contributed by atoms with van der Waals surface area (Å²) in [6.07, 6.45) is 2.95. The van der Waals surface area contributed by atoms with Crippen LogP contribution in [0.4, 0.5) is 0 Å². The van der Waals surface area contributed by atoms with Gasteiger partial charge in [-0.3, -0.25) is 14.7 Å². The van der Waals surface area contributed by atoms with E-state index in [9.17, 15) is 4.79 Å². The van der Waals surface area contributed by atoms with Gasteiger partial charge in [-0.15, -0.1) is 24.0 Å². The third-order valence-electron chi connectivity index (χ3n) is 5.77. The van der Waals surface area contributed by atoms with Gasteiger partial charge in [0.1, 0.15) is 0 Å². The number of nitrogens with one attached hydrogen (secondary N) is 3. The van der Waals surface area contributed by atoms with Crippen molar-refractivity contribution < 1.29 is 4.79 Å². The molecule has 33 heavy (non-hydrogen) atoms. The molecule has 0 unspecified atom stereocenters. The van der Waals surface area contributed by atoms with Gasteiger partial charge >= 0.3 is 0 Å². The smallest absolute Gasteiger partial charge is 0.234 e. The van der Waals surface area contributed by atoms with Crippen LogP contribution in [0.1, 0.15) is 43.1 Å². The Hall–Kier alpha value is -2.14. The van der Waals surface area contributed by atoms with Gasteiger partial charge in [0.25, 0.3) is 0 Å². The number of aryl methyl sites for hydroxylation is 2. The van der Waals surface area contributed by atoms with Crippen LogP contribution < -0.4 is 16.0 Å². The molecule has 0 atom stereocenters. The molecule has 0 saturated carbocycles. The highest BCUT2D eigenvalue weighted by molar-refractivity contribution is 14.0. The van der Waals surface area contributed by atoms with E-state index in [1.165, 1.54) is 0 Å². The number of aromatic nitrogens is 2. The number of piperidine rings is 1. The third-order valence-corrected chi connectivity index (χ3v) is 5.77. The van der Waals surface area contributed by atoms with Crippen LogP contribution in [0.2, 0.25) is 0 Å². The van der Waals surface area contributed by atoms with Crippen molar-refractivity contribution in [3.05, 3.63) is 47.3 Å². The number of guanidine groups is 1. The zero-order chi connectivity index (χ0) is 22.9. The van der Waals surface area contributed by atoms with Gasteiger partial charge in [0.15, 0.2) is 5.96 Å². The Labute approximate surface area is 214 Å². The molecule has 1 aromatic carbocycles. The van der Waals surface area contributed by atoms with Gasteiger partial charge < -0.3 is 16.0 Å². The summed E-state index contributed by atoms with van der Waals surface area (Å²) in [4.78, 5) is 18.6. The summed E-state index contributed by atoms with van der Waals surface area (Å²) in [5, 5.41) is 14.6. The molecule has 8 nitrogen and oxygen atoms in total. The topological polar surface area (TPSA) is 86.6 Å². The highest BCUT2D eigenvalue weighted by Gasteiger charge is 2.21. The van der Waals surface area contributed by atoms with Crippen LogP contribution in [0.3, 0.4) is 0 Å². The van der Waals surface area contributed by atoms with Gasteiger partial charge in [0, 0.05) is 45.0 Å². The molecule has 0 radical (unpaired) electrons. The fourth-order valence-corrected chi connectivity index (χ4v) is 4.07. The molecular formula is C24H38IN7O. The van der Waals surface area contributed by atoms with Gasteiger partial charge in [-0.05, 0) is 50.8 Å². The second-order valence-corrected chi connectivity index (χ2v) is 8.44. The van der Waals surface area contributed by atoms with E-state index in [4.69, 9.17) is 0 Å². The molecule has 0 spiro atoms. The number of hydrogen-bond donors (Lipinski definition) is 3. The van der Waals surface area contributed by atoms with E-state index in [2.05, 4.69) is 69.1 Å². The van der Waals surface area contributed by atoms with Crippen molar-refractivity contribution in [2.24, 2.45) is 4.99 Å². The van der Waals surface area contributed by atoms with Crippen LogP contribution in [-0.2, 0) is 11.3 Å². The number of aliphatic imine (C=N–C) groups is 1. The van der Waals surface area contributed by atoms with Crippen molar-refractivity contribution in [2.45, 2.75) is 52.6 Å². The number of amides is 1. The lowest BCUT2D eigenvalue weighted by atomic mass is 10.1. The second kappa shape index (κ2) is 13.5. The van der Waals surface area contributed by atoms with E-state index >= 15 is 0 Å². The zero-order valence-electron chi connectivity index (χ0n) is 20.2. The maximum atomic E-state index is 11.9. The van der Waals surface area contributed by atoms with E-state index in [-0.39, 0.29) is 29.9 Å². The largest absolute Gasteiger partial charge is 0.355 e. The summed E-state index contributed by atoms with van der Waals surface area (Å²) in [5.74, 6) is 0.921. The lowest BCUT2D eigenvalue weighted by Gasteiger charge is -2.32. The van der Waals surface area contributed by atoms with Gasteiger partial charge in [-0.2, -0.15) is 5.10 Å². The molecule has 0 bridgehead atoms. The standard InChI is InChI=1S/C24H37N7O.HI/c1-5-12-26-23(32)17-30-13-10-21(11-14-30)28-24(25-4)27-16-20-8-6-7-9-22(20)31-19(3)15-18(2)29-31;/h6-9,15,21H,5,10-14,16-17H2,1-4H3,(H,26,32)(H2,25,27,28);1H. The number of carbonyl (C=O) groups excluding carboxylic acids is 1. The van der Waals surface area contributed by atoms with E-state index in [1.807, 2.05) is 17.7 Å². The quantitative estimate of drug-likeness (QED) is 0.260. The molecule has 3 N–H and O–H groups in total. The molecule has 9 heteroatoms. The molecule has 2 aromatic rings. The number of para-hydroxylation sites is 1. The number of carbonyl (C=O) groups is 1. The molecule has 1 amide bonds. The first kappa shape index (κ1) is 27.1. The SMILES string of the molecule is CCCNC(=O)CN1CCC(NC(=NC)NCc2ccccc2-n2nc(C)cc2C)CC1.I. The fourth-order valence-electron chi connectivity index (χ4n) is 4.07. The van der Waals surface area contributed by atoms with Crippen molar-refractivity contribution in [1.82, 2.24) is 30.6 Å². The van der Waals surface area contributed by atoms with Crippen molar-refractivity contribution >= 4 is 35.8 Å². The molecule has 3 rings (SSSR count). The second-order valence-electron chi connectivity index (χ2n) is 8.44. The summed E-state index contributed by atoms with van der Waals surface area (Å²) in [7, 11) is 1.80. The number of hydrogen-bond acceptors (Lipinski definition) is 4. The zero-order valence-corrected chi connectivity index (χ0v) is 22.6. The minimum absolute atomic E-state index is 0. The molecule has 0 aliphatic carbocycles. The molecule has 1 aliphatic heterocycles. The molecular weight excluding hydrogens is 529 g/mol. The first-order valence-electron chi connectivity index (χ1n) is 11.6. The maximum Gasteiger partial charge on any atom is 0.234 e. The maximum absolute atomic E-state index is 11.9. The Morgan fingerprint density at radius 1 is 1.18 bits per heavy atom. The molecule has 182 valence electrons. The summed E-state index contributed by atoms with van der Waals surface area (Å²) < 4.78 is 1.99. The number of rotatable bonds is 8. The Morgan fingerprint density at radius 2 is 1.91 bits per heavy atom. The monoisotopic (exact) mass is 567 g/mol. The van der Waals surface area contributed by atoms with Crippen LogP contribution in [-0.4, -0.2) is 65.8 Å². The van der Waals surface area contributed by atoms with Gasteiger partial charge in [0.2, 0.25) is 5.91 Å². The minimum atomic E-state index is 0. The third kappa shape index (κ3) is 7.99. The highest BCUT2D eigenvalue weighted by atomic mass is 127. The predicted octanol–water partition coefficient (Wildman–Crippen LogP) is 2.76. The van der Waals surface area contributed by atoms with Crippen molar-refractivity contribution in [2.75, 3.05) is 33.2 Å².